The average Bonchev–Trinajstić information content (AvgIpc) is 3.04. The SMILES string of the molecule is CC(C)CN(CC(=O)Nc1cc(C(C)(C)C)nn1-c1ccc(Cl)cc1)C(=O)C(C)C. The Hall–Kier alpha value is -2.34. The predicted molar refractivity (Wildman–Crippen MR) is 122 cm³/mol. The summed E-state index contributed by atoms with van der Waals surface area (Å²) in [7, 11) is 0. The molecular formula is C23H33ClN4O2. The number of carbonyl (C=O) groups is 2. The van der Waals surface area contributed by atoms with Gasteiger partial charge in [0, 0.05) is 29.0 Å². The second kappa shape index (κ2) is 9.65. The zero-order chi connectivity index (χ0) is 22.6. The van der Waals surface area contributed by atoms with E-state index in [0.29, 0.717) is 17.4 Å². The fourth-order valence-electron chi connectivity index (χ4n) is 3.01. The summed E-state index contributed by atoms with van der Waals surface area (Å²) in [6.45, 7) is 14.5. The molecule has 1 heterocycles. The Bertz CT molecular complexity index is 880. The van der Waals surface area contributed by atoms with Crippen molar-refractivity contribution in [3.8, 4) is 5.69 Å². The van der Waals surface area contributed by atoms with E-state index in [9.17, 15) is 9.59 Å². The first-order valence-electron chi connectivity index (χ1n) is 10.3. The maximum absolute atomic E-state index is 12.9. The van der Waals surface area contributed by atoms with Gasteiger partial charge in [0.05, 0.1) is 17.9 Å². The van der Waals surface area contributed by atoms with Crippen molar-refractivity contribution < 1.29 is 9.59 Å². The van der Waals surface area contributed by atoms with Gasteiger partial charge in [-0.15, -0.1) is 0 Å². The summed E-state index contributed by atoms with van der Waals surface area (Å²) in [5.74, 6) is 0.394. The molecule has 6 nitrogen and oxygen atoms in total. The number of rotatable bonds is 7. The summed E-state index contributed by atoms with van der Waals surface area (Å²) in [4.78, 5) is 27.0. The van der Waals surface area contributed by atoms with E-state index in [4.69, 9.17) is 16.7 Å². The van der Waals surface area contributed by atoms with Crippen LogP contribution in [0.15, 0.2) is 30.3 Å². The number of carbonyl (C=O) groups excluding carboxylic acids is 2. The van der Waals surface area contributed by atoms with Crippen LogP contribution in [0.1, 0.15) is 54.2 Å². The molecule has 7 heteroatoms. The maximum atomic E-state index is 12.9. The van der Waals surface area contributed by atoms with Crippen molar-refractivity contribution in [3.05, 3.63) is 41.0 Å². The van der Waals surface area contributed by atoms with Crippen molar-refractivity contribution in [1.29, 1.82) is 0 Å². The smallest absolute Gasteiger partial charge is 0.245 e. The molecule has 2 rings (SSSR count). The Balaban J connectivity index is 2.31. The summed E-state index contributed by atoms with van der Waals surface area (Å²) in [5.41, 5.74) is 1.46. The van der Waals surface area contributed by atoms with Gasteiger partial charge in [-0.1, -0.05) is 60.1 Å². The lowest BCUT2D eigenvalue weighted by molar-refractivity contribution is -0.138. The van der Waals surface area contributed by atoms with Gasteiger partial charge in [-0.3, -0.25) is 9.59 Å². The molecule has 1 aromatic carbocycles. The Labute approximate surface area is 184 Å². The van der Waals surface area contributed by atoms with Crippen LogP contribution in [0.3, 0.4) is 0 Å². The Morgan fingerprint density at radius 2 is 1.73 bits per heavy atom. The summed E-state index contributed by atoms with van der Waals surface area (Å²) in [6, 6.07) is 9.15. The molecule has 0 spiro atoms. The van der Waals surface area contributed by atoms with E-state index < -0.39 is 0 Å². The molecule has 1 N–H and O–H groups in total. The molecule has 0 aliphatic rings. The Morgan fingerprint density at radius 1 is 1.13 bits per heavy atom. The van der Waals surface area contributed by atoms with Gasteiger partial charge < -0.3 is 10.2 Å². The van der Waals surface area contributed by atoms with Crippen molar-refractivity contribution in [2.45, 2.75) is 53.9 Å². The number of benzene rings is 1. The molecule has 0 saturated heterocycles. The lowest BCUT2D eigenvalue weighted by Crippen LogP contribution is -2.42. The van der Waals surface area contributed by atoms with Gasteiger partial charge in [0.25, 0.3) is 0 Å². The fraction of sp³-hybridized carbons (Fsp3) is 0.522. The second-order valence-electron chi connectivity index (χ2n) is 9.37. The van der Waals surface area contributed by atoms with Gasteiger partial charge in [-0.25, -0.2) is 4.68 Å². The highest BCUT2D eigenvalue weighted by Crippen LogP contribution is 2.27. The number of anilines is 1. The van der Waals surface area contributed by atoms with Crippen molar-refractivity contribution in [1.82, 2.24) is 14.7 Å². The van der Waals surface area contributed by atoms with Gasteiger partial charge in [0.1, 0.15) is 5.82 Å². The molecule has 0 saturated carbocycles. The average molecular weight is 433 g/mol. The molecule has 0 aliphatic carbocycles. The first-order valence-corrected chi connectivity index (χ1v) is 10.7. The molecule has 0 aliphatic heterocycles. The molecule has 30 heavy (non-hydrogen) atoms. The highest BCUT2D eigenvalue weighted by atomic mass is 35.5. The van der Waals surface area contributed by atoms with Crippen LogP contribution in [-0.2, 0) is 15.0 Å². The van der Waals surface area contributed by atoms with Gasteiger partial charge >= 0.3 is 0 Å². The molecule has 0 bridgehead atoms. The number of aromatic nitrogens is 2. The van der Waals surface area contributed by atoms with Gasteiger partial charge in [0.15, 0.2) is 0 Å². The normalized spacial score (nSPS) is 11.8. The molecular weight excluding hydrogens is 400 g/mol. The van der Waals surface area contributed by atoms with Crippen LogP contribution in [0.2, 0.25) is 5.02 Å². The van der Waals surface area contributed by atoms with Crippen molar-refractivity contribution in [3.63, 3.8) is 0 Å². The topological polar surface area (TPSA) is 67.2 Å². The Kier molecular flexibility index (Phi) is 7.70. The van der Waals surface area contributed by atoms with Crippen molar-refractivity contribution >= 4 is 29.2 Å². The third kappa shape index (κ3) is 6.33. The van der Waals surface area contributed by atoms with Crippen LogP contribution in [0.5, 0.6) is 0 Å². The summed E-state index contributed by atoms with van der Waals surface area (Å²) >= 11 is 6.02. The number of halogens is 1. The third-order valence-corrected chi connectivity index (χ3v) is 4.79. The first kappa shape index (κ1) is 23.9. The minimum atomic E-state index is -0.250. The number of hydrogen-bond donors (Lipinski definition) is 1. The van der Waals surface area contributed by atoms with E-state index in [1.807, 2.05) is 45.9 Å². The lowest BCUT2D eigenvalue weighted by atomic mass is 9.92. The molecule has 0 radical (unpaired) electrons. The lowest BCUT2D eigenvalue weighted by Gasteiger charge is -2.25. The quantitative estimate of drug-likeness (QED) is 0.676. The van der Waals surface area contributed by atoms with Crippen LogP contribution in [0.4, 0.5) is 5.82 Å². The third-order valence-electron chi connectivity index (χ3n) is 4.54. The molecule has 2 aromatic rings. The van der Waals surface area contributed by atoms with Crippen molar-refractivity contribution in [2.24, 2.45) is 11.8 Å². The first-order chi connectivity index (χ1) is 13.9. The van der Waals surface area contributed by atoms with Gasteiger partial charge in [0.2, 0.25) is 11.8 Å². The zero-order valence-electron chi connectivity index (χ0n) is 19.0. The second-order valence-corrected chi connectivity index (χ2v) is 9.80. The Morgan fingerprint density at radius 3 is 2.23 bits per heavy atom. The molecule has 1 aromatic heterocycles. The van der Waals surface area contributed by atoms with E-state index in [0.717, 1.165) is 11.4 Å². The van der Waals surface area contributed by atoms with Gasteiger partial charge in [-0.05, 0) is 30.2 Å². The molecule has 0 unspecified atom stereocenters. The van der Waals surface area contributed by atoms with Crippen molar-refractivity contribution in [2.75, 3.05) is 18.4 Å². The van der Waals surface area contributed by atoms with Crippen LogP contribution >= 0.6 is 11.6 Å². The largest absolute Gasteiger partial charge is 0.333 e. The fourth-order valence-corrected chi connectivity index (χ4v) is 3.14. The van der Waals surface area contributed by atoms with Crippen LogP contribution < -0.4 is 5.32 Å². The summed E-state index contributed by atoms with van der Waals surface area (Å²) in [5, 5.41) is 8.28. The predicted octanol–water partition coefficient (Wildman–Crippen LogP) is 4.90. The van der Waals surface area contributed by atoms with E-state index in [2.05, 4.69) is 26.1 Å². The highest BCUT2D eigenvalue weighted by molar-refractivity contribution is 6.30. The molecule has 0 atom stereocenters. The number of hydrogen-bond acceptors (Lipinski definition) is 3. The van der Waals surface area contributed by atoms with Crippen LogP contribution in [0, 0.1) is 11.8 Å². The molecule has 0 fully saturated rings. The number of nitrogens with one attached hydrogen (secondary N) is 1. The summed E-state index contributed by atoms with van der Waals surface area (Å²) in [6.07, 6.45) is 0. The van der Waals surface area contributed by atoms with Gasteiger partial charge in [-0.2, -0.15) is 5.10 Å². The minimum absolute atomic E-state index is 0.00580. The minimum Gasteiger partial charge on any atom is -0.333 e. The monoisotopic (exact) mass is 432 g/mol. The number of nitrogens with zero attached hydrogens (tertiary/aromatic N) is 3. The molecule has 164 valence electrons. The van der Waals surface area contributed by atoms with Crippen LogP contribution in [-0.4, -0.2) is 39.6 Å². The highest BCUT2D eigenvalue weighted by Gasteiger charge is 2.24. The van der Waals surface area contributed by atoms with E-state index in [1.165, 1.54) is 0 Å². The number of amides is 2. The maximum Gasteiger partial charge on any atom is 0.245 e. The zero-order valence-corrected chi connectivity index (χ0v) is 19.7. The van der Waals surface area contributed by atoms with E-state index >= 15 is 0 Å². The van der Waals surface area contributed by atoms with E-state index in [-0.39, 0.29) is 35.6 Å². The molecule has 2 amide bonds. The van der Waals surface area contributed by atoms with E-state index in [1.54, 1.807) is 21.7 Å². The standard InChI is InChI=1S/C23H33ClN4O2/c1-15(2)13-27(22(30)16(3)4)14-21(29)25-20-12-19(23(5,6)7)26-28(20)18-10-8-17(24)9-11-18/h8-12,15-16H,13-14H2,1-7H3,(H,25,29). The summed E-state index contributed by atoms with van der Waals surface area (Å²) < 4.78 is 1.70. The van der Waals surface area contributed by atoms with Crippen LogP contribution in [0.25, 0.3) is 5.69 Å².